The molecule has 5 aliphatic rings. The van der Waals surface area contributed by atoms with E-state index in [1.54, 1.807) is 0 Å². The van der Waals surface area contributed by atoms with Crippen LogP contribution in [0.15, 0.2) is 30.7 Å². The maximum atomic E-state index is 10.2. The van der Waals surface area contributed by atoms with Gasteiger partial charge in [0.2, 0.25) is 5.95 Å². The quantitative estimate of drug-likeness (QED) is 0.576. The van der Waals surface area contributed by atoms with Crippen molar-refractivity contribution < 1.29 is 9.84 Å². The third kappa shape index (κ3) is 3.42. The van der Waals surface area contributed by atoms with E-state index in [9.17, 15) is 5.11 Å². The zero-order chi connectivity index (χ0) is 22.9. The molecule has 2 aliphatic heterocycles. The van der Waals surface area contributed by atoms with Gasteiger partial charge in [-0.1, -0.05) is 11.6 Å². The van der Waals surface area contributed by atoms with Gasteiger partial charge in [0.05, 0.1) is 48.3 Å². The van der Waals surface area contributed by atoms with Gasteiger partial charge in [-0.05, 0) is 74.7 Å². The molecule has 9 heteroatoms. The number of fused-ring (bicyclic) bond motifs is 1. The van der Waals surface area contributed by atoms with Crippen molar-refractivity contribution in [3.8, 4) is 0 Å². The van der Waals surface area contributed by atoms with Gasteiger partial charge in [0.1, 0.15) is 0 Å². The Morgan fingerprint density at radius 3 is 2.65 bits per heavy atom. The molecule has 178 valence electrons. The maximum Gasteiger partial charge on any atom is 0.227 e. The number of aliphatic hydroxyl groups excluding tert-OH is 1. The molecule has 2 bridgehead atoms. The molecule has 0 radical (unpaired) electrons. The summed E-state index contributed by atoms with van der Waals surface area (Å²) in [4.78, 5) is 11.7. The van der Waals surface area contributed by atoms with E-state index in [1.165, 1.54) is 19.3 Å². The van der Waals surface area contributed by atoms with Crippen LogP contribution in [0.1, 0.15) is 43.6 Å². The number of benzene rings is 1. The van der Waals surface area contributed by atoms with Crippen LogP contribution in [0.25, 0.3) is 10.9 Å². The number of aromatic nitrogens is 4. The van der Waals surface area contributed by atoms with Crippen LogP contribution in [-0.2, 0) is 10.3 Å². The second kappa shape index (κ2) is 7.88. The molecule has 8 nitrogen and oxygen atoms in total. The first kappa shape index (κ1) is 21.1. The molecule has 5 fully saturated rings. The summed E-state index contributed by atoms with van der Waals surface area (Å²) >= 11 is 6.71. The van der Waals surface area contributed by atoms with Crippen molar-refractivity contribution in [2.45, 2.75) is 55.7 Å². The summed E-state index contributed by atoms with van der Waals surface area (Å²) in [6.07, 6.45) is 11.2. The summed E-state index contributed by atoms with van der Waals surface area (Å²) in [5, 5.41) is 19.8. The molecule has 1 aromatic carbocycles. The Bertz CT molecular complexity index is 1220. The van der Waals surface area contributed by atoms with E-state index in [0.29, 0.717) is 25.1 Å². The summed E-state index contributed by atoms with van der Waals surface area (Å²) in [5.74, 6) is 1.87. The van der Waals surface area contributed by atoms with Gasteiger partial charge in [-0.25, -0.2) is 9.97 Å². The first-order chi connectivity index (χ1) is 16.6. The maximum absolute atomic E-state index is 10.2. The molecule has 8 rings (SSSR count). The Kier molecular flexibility index (Phi) is 4.88. The lowest BCUT2D eigenvalue weighted by Crippen LogP contribution is -2.59. The summed E-state index contributed by atoms with van der Waals surface area (Å²) in [7, 11) is 0. The molecule has 0 amide bonds. The fourth-order valence-electron chi connectivity index (χ4n) is 6.35. The SMILES string of the molecule is OC1COC[C@H]1N1CCC(c2cc3nc(Nc4cnn(C56CC(C5)C6)c4)ncc3cc2Cl)CC1. The largest absolute Gasteiger partial charge is 0.389 e. The number of halogens is 1. The van der Waals surface area contributed by atoms with Gasteiger partial charge in [0, 0.05) is 22.8 Å². The number of nitrogens with zero attached hydrogens (tertiary/aromatic N) is 5. The van der Waals surface area contributed by atoms with E-state index >= 15 is 0 Å². The zero-order valence-electron chi connectivity index (χ0n) is 19.0. The number of rotatable bonds is 5. The normalized spacial score (nSPS) is 31.4. The van der Waals surface area contributed by atoms with Crippen molar-refractivity contribution in [2.75, 3.05) is 31.6 Å². The number of nitrogens with one attached hydrogen (secondary N) is 1. The van der Waals surface area contributed by atoms with E-state index in [2.05, 4.69) is 37.2 Å². The lowest BCUT2D eigenvalue weighted by atomic mass is 9.50. The monoisotopic (exact) mass is 480 g/mol. The van der Waals surface area contributed by atoms with E-state index in [-0.39, 0.29) is 17.7 Å². The Morgan fingerprint density at radius 1 is 1.12 bits per heavy atom. The molecule has 2 atom stereocenters. The van der Waals surface area contributed by atoms with Gasteiger partial charge in [-0.15, -0.1) is 0 Å². The minimum absolute atomic E-state index is 0.119. The van der Waals surface area contributed by atoms with Crippen molar-refractivity contribution in [3.05, 3.63) is 41.3 Å². The van der Waals surface area contributed by atoms with Crippen LogP contribution < -0.4 is 5.32 Å². The van der Waals surface area contributed by atoms with Crippen LogP contribution in [0, 0.1) is 5.92 Å². The second-order valence-corrected chi connectivity index (χ2v) is 11.0. The lowest BCUT2D eigenvalue weighted by molar-refractivity contribution is -0.0977. The number of hydrogen-bond acceptors (Lipinski definition) is 7. The number of anilines is 2. The molecule has 4 heterocycles. The Balaban J connectivity index is 1.08. The van der Waals surface area contributed by atoms with Crippen molar-refractivity contribution in [1.82, 2.24) is 24.6 Å². The highest BCUT2D eigenvalue weighted by atomic mass is 35.5. The van der Waals surface area contributed by atoms with Crippen molar-refractivity contribution >= 4 is 34.1 Å². The number of hydrogen-bond donors (Lipinski definition) is 2. The molecule has 1 unspecified atom stereocenters. The van der Waals surface area contributed by atoms with Gasteiger partial charge >= 0.3 is 0 Å². The molecule has 3 aliphatic carbocycles. The molecule has 3 saturated carbocycles. The third-order valence-electron chi connectivity index (χ3n) is 8.49. The van der Waals surface area contributed by atoms with E-state index < -0.39 is 0 Å². The minimum Gasteiger partial charge on any atom is -0.389 e. The van der Waals surface area contributed by atoms with Crippen molar-refractivity contribution in [1.29, 1.82) is 0 Å². The predicted molar refractivity (Wildman–Crippen MR) is 130 cm³/mol. The van der Waals surface area contributed by atoms with Crippen LogP contribution in [0.4, 0.5) is 11.6 Å². The van der Waals surface area contributed by atoms with Gasteiger partial charge < -0.3 is 15.2 Å². The molecule has 2 saturated heterocycles. The molecule has 2 aromatic heterocycles. The molecular formula is C25H29ClN6O2. The molecule has 0 spiro atoms. The average Bonchev–Trinajstić information content (AvgIpc) is 3.41. The molecular weight excluding hydrogens is 452 g/mol. The third-order valence-corrected chi connectivity index (χ3v) is 8.82. The minimum atomic E-state index is -0.380. The average molecular weight is 481 g/mol. The highest BCUT2D eigenvalue weighted by Crippen LogP contribution is 2.62. The molecule has 2 N–H and O–H groups in total. The lowest BCUT2D eigenvalue weighted by Gasteiger charge is -2.61. The highest BCUT2D eigenvalue weighted by molar-refractivity contribution is 6.32. The van der Waals surface area contributed by atoms with Crippen molar-refractivity contribution in [3.63, 3.8) is 0 Å². The van der Waals surface area contributed by atoms with E-state index in [0.717, 1.165) is 59.0 Å². The van der Waals surface area contributed by atoms with Gasteiger partial charge in [-0.2, -0.15) is 5.10 Å². The first-order valence-electron chi connectivity index (χ1n) is 12.3. The summed E-state index contributed by atoms with van der Waals surface area (Å²) in [5.41, 5.74) is 3.24. The van der Waals surface area contributed by atoms with Gasteiger partial charge in [0.15, 0.2) is 0 Å². The predicted octanol–water partition coefficient (Wildman–Crippen LogP) is 3.67. The summed E-state index contributed by atoms with van der Waals surface area (Å²) in [6, 6.07) is 4.23. The van der Waals surface area contributed by atoms with E-state index in [4.69, 9.17) is 21.3 Å². The van der Waals surface area contributed by atoms with Crippen LogP contribution in [0.3, 0.4) is 0 Å². The molecule has 3 aromatic rings. The second-order valence-electron chi connectivity index (χ2n) is 10.6. The summed E-state index contributed by atoms with van der Waals surface area (Å²) < 4.78 is 7.57. The van der Waals surface area contributed by atoms with Crippen molar-refractivity contribution in [2.24, 2.45) is 5.92 Å². The number of aliphatic hydroxyl groups is 1. The Morgan fingerprint density at radius 2 is 1.94 bits per heavy atom. The standard InChI is InChI=1S/C25H29ClN6O2/c26-20-5-17-10-27-24(29-18-11-28-32(12-18)25-7-15(8-25)9-25)30-21(17)6-19(20)16-1-3-31(4-2-16)22-13-34-14-23(22)33/h5-6,10-12,15-16,22-23,33H,1-4,7-9,13-14H2,(H,27,29,30)/t15?,22-,23?,25?/m1/s1. The van der Waals surface area contributed by atoms with E-state index in [1.807, 2.05) is 18.5 Å². The number of ether oxygens (including phenoxy) is 1. The van der Waals surface area contributed by atoms with Crippen LogP contribution in [0.2, 0.25) is 5.02 Å². The smallest absolute Gasteiger partial charge is 0.227 e. The Labute approximate surface area is 203 Å². The highest BCUT2D eigenvalue weighted by Gasteiger charge is 2.58. The molecule has 34 heavy (non-hydrogen) atoms. The van der Waals surface area contributed by atoms with Crippen LogP contribution in [0.5, 0.6) is 0 Å². The Hall–Kier alpha value is -2.26. The zero-order valence-corrected chi connectivity index (χ0v) is 19.8. The summed E-state index contributed by atoms with van der Waals surface area (Å²) in [6.45, 7) is 2.94. The number of piperidine rings is 1. The first-order valence-corrected chi connectivity index (χ1v) is 12.7. The topological polar surface area (TPSA) is 88.3 Å². The fourth-order valence-corrected chi connectivity index (χ4v) is 6.68. The fraction of sp³-hybridized carbons (Fsp3) is 0.560. The van der Waals surface area contributed by atoms with Crippen LogP contribution >= 0.6 is 11.6 Å². The van der Waals surface area contributed by atoms with Gasteiger partial charge in [0.25, 0.3) is 0 Å². The van der Waals surface area contributed by atoms with Crippen LogP contribution in [-0.4, -0.2) is 68.2 Å². The van der Waals surface area contributed by atoms with Gasteiger partial charge in [-0.3, -0.25) is 9.58 Å². The number of likely N-dealkylation sites (tertiary alicyclic amines) is 1.